The number of nitrogens with zero attached hydrogens (tertiary/aromatic N) is 2. The minimum Gasteiger partial charge on any atom is -0.456 e. The molecule has 5 rings (SSSR count). The van der Waals surface area contributed by atoms with Gasteiger partial charge in [0.2, 0.25) is 11.8 Å². The maximum Gasteiger partial charge on any atom is 0.286 e. The van der Waals surface area contributed by atoms with Gasteiger partial charge in [-0.3, -0.25) is 23.9 Å². The van der Waals surface area contributed by atoms with Crippen molar-refractivity contribution in [1.29, 1.82) is 0 Å². The number of carbonyl (C=O) groups excluding carboxylic acids is 2. The molecule has 1 fully saturated rings. The summed E-state index contributed by atoms with van der Waals surface area (Å²) in [6.45, 7) is 3.50. The van der Waals surface area contributed by atoms with Crippen LogP contribution in [0.15, 0.2) is 63.7 Å². The zero-order valence-corrected chi connectivity index (χ0v) is 23.5. The van der Waals surface area contributed by atoms with Crippen LogP contribution in [-0.2, 0) is 19.7 Å². The molecule has 0 saturated carbocycles. The fourth-order valence-electron chi connectivity index (χ4n) is 4.50. The normalized spacial score (nSPS) is 18.0. The largest absolute Gasteiger partial charge is 0.456 e. The molecule has 2 N–H and O–H groups in total. The van der Waals surface area contributed by atoms with E-state index in [1.807, 2.05) is 30.3 Å². The van der Waals surface area contributed by atoms with Crippen molar-refractivity contribution in [3.63, 3.8) is 0 Å². The molecule has 204 valence electrons. The molecule has 0 aliphatic carbocycles. The van der Waals surface area contributed by atoms with E-state index in [-0.39, 0.29) is 40.5 Å². The number of carbonyl (C=O) groups is 2. The van der Waals surface area contributed by atoms with Crippen LogP contribution in [0.3, 0.4) is 0 Å². The van der Waals surface area contributed by atoms with Crippen LogP contribution in [0.2, 0.25) is 0 Å². The van der Waals surface area contributed by atoms with Gasteiger partial charge in [0.05, 0.1) is 5.69 Å². The van der Waals surface area contributed by atoms with Crippen LogP contribution in [0.1, 0.15) is 26.7 Å². The van der Waals surface area contributed by atoms with Crippen LogP contribution in [0.4, 0.5) is 5.69 Å². The average molecular weight is 588 g/mol. The van der Waals surface area contributed by atoms with E-state index in [0.29, 0.717) is 34.8 Å². The van der Waals surface area contributed by atoms with Crippen molar-refractivity contribution >= 4 is 66.9 Å². The van der Waals surface area contributed by atoms with E-state index in [1.54, 1.807) is 25.1 Å². The fraction of sp³-hybridized carbons (Fsp3) is 0.269. The molecule has 3 heterocycles. The Labute approximate surface area is 234 Å². The highest BCUT2D eigenvalue weighted by Gasteiger charge is 2.45. The second kappa shape index (κ2) is 10.6. The number of anilines is 1. The van der Waals surface area contributed by atoms with E-state index in [4.69, 9.17) is 21.4 Å². The molecule has 39 heavy (non-hydrogen) atoms. The van der Waals surface area contributed by atoms with Crippen molar-refractivity contribution in [2.75, 3.05) is 18.0 Å². The van der Waals surface area contributed by atoms with E-state index in [2.05, 4.69) is 5.32 Å². The van der Waals surface area contributed by atoms with Crippen molar-refractivity contribution in [1.82, 2.24) is 10.2 Å². The first kappa shape index (κ1) is 27.2. The molecule has 10 nitrogen and oxygen atoms in total. The summed E-state index contributed by atoms with van der Waals surface area (Å²) in [5, 5.41) is 2.13. The predicted octanol–water partition coefficient (Wildman–Crippen LogP) is 4.48. The molecular formula is C26H25N3O7S3. The SMILES string of the molecule is CCCC(N1C(=C2SC(=S)N(CCNC(C)=O)C2=O)Oc2ccc(-c3cc4ccccc4o3)cc21)S(=O)(=O)O. The second-order valence-electron chi connectivity index (χ2n) is 9.00. The summed E-state index contributed by atoms with van der Waals surface area (Å²) in [6.07, 6.45) is 0.507. The Hall–Kier alpha value is -3.39. The number of hydrogen-bond acceptors (Lipinski definition) is 9. The average Bonchev–Trinajstić information content (AvgIpc) is 3.55. The second-order valence-corrected chi connectivity index (χ2v) is 12.2. The highest BCUT2D eigenvalue weighted by molar-refractivity contribution is 8.26. The van der Waals surface area contributed by atoms with Gasteiger partial charge in [-0.05, 0) is 48.5 Å². The molecule has 2 aliphatic heterocycles. The highest BCUT2D eigenvalue weighted by Crippen LogP contribution is 2.48. The minimum atomic E-state index is -4.61. The lowest BCUT2D eigenvalue weighted by molar-refractivity contribution is -0.123. The Kier molecular flexibility index (Phi) is 7.42. The van der Waals surface area contributed by atoms with Crippen molar-refractivity contribution < 1.29 is 31.7 Å². The fourth-order valence-corrected chi connectivity index (χ4v) is 6.81. The van der Waals surface area contributed by atoms with Gasteiger partial charge in [-0.1, -0.05) is 43.8 Å². The number of benzene rings is 2. The summed E-state index contributed by atoms with van der Waals surface area (Å²) in [6, 6.07) is 14.6. The van der Waals surface area contributed by atoms with Crippen LogP contribution >= 0.6 is 24.0 Å². The third kappa shape index (κ3) is 5.26. The van der Waals surface area contributed by atoms with Crippen LogP contribution in [0.5, 0.6) is 5.75 Å². The van der Waals surface area contributed by atoms with E-state index < -0.39 is 21.4 Å². The first-order valence-corrected chi connectivity index (χ1v) is 14.9. The van der Waals surface area contributed by atoms with Crippen LogP contribution in [0, 0.1) is 0 Å². The number of furan rings is 1. The highest BCUT2D eigenvalue weighted by atomic mass is 32.2. The monoisotopic (exact) mass is 587 g/mol. The number of nitrogens with one attached hydrogen (secondary N) is 1. The third-order valence-electron chi connectivity index (χ3n) is 6.27. The maximum atomic E-state index is 13.4. The Morgan fingerprint density at radius 3 is 2.67 bits per heavy atom. The topological polar surface area (TPSA) is 129 Å². The summed E-state index contributed by atoms with van der Waals surface area (Å²) in [4.78, 5) is 27.4. The molecule has 13 heteroatoms. The molecule has 0 radical (unpaired) electrons. The molecule has 2 aromatic carbocycles. The number of thiocarbonyl (C=S) groups is 1. The predicted molar refractivity (Wildman–Crippen MR) is 153 cm³/mol. The Balaban J connectivity index is 1.59. The standard InChI is InChI=1S/C26H25N3O7S3/c1-3-6-22(39(32,33)34)29-18-13-17(21-14-16-7-4-5-8-19(16)35-21)9-10-20(18)36-25(29)23-24(31)28(26(37)38-23)12-11-27-15(2)30/h4-5,7-10,13-14,22H,3,6,11-12H2,1-2H3,(H,27,30)(H,32,33,34). The molecule has 3 aromatic rings. The Morgan fingerprint density at radius 1 is 1.21 bits per heavy atom. The smallest absolute Gasteiger partial charge is 0.286 e. The van der Waals surface area contributed by atoms with Crippen LogP contribution < -0.4 is 15.0 Å². The summed E-state index contributed by atoms with van der Waals surface area (Å²) in [5.41, 5.74) is 1.72. The summed E-state index contributed by atoms with van der Waals surface area (Å²) in [7, 11) is -4.61. The van der Waals surface area contributed by atoms with Crippen molar-refractivity contribution in [2.24, 2.45) is 0 Å². The Bertz CT molecular complexity index is 1600. The number of rotatable bonds is 8. The van der Waals surface area contributed by atoms with Crippen molar-refractivity contribution in [3.05, 3.63) is 59.3 Å². The van der Waals surface area contributed by atoms with Gasteiger partial charge in [-0.2, -0.15) is 8.42 Å². The summed E-state index contributed by atoms with van der Waals surface area (Å²) >= 11 is 6.38. The molecule has 2 aliphatic rings. The van der Waals surface area contributed by atoms with Gasteiger partial charge in [0.25, 0.3) is 16.0 Å². The number of amides is 2. The maximum absolute atomic E-state index is 13.4. The molecular weight excluding hydrogens is 563 g/mol. The first-order chi connectivity index (χ1) is 18.6. The van der Waals surface area contributed by atoms with Gasteiger partial charge in [0.15, 0.2) is 11.1 Å². The van der Waals surface area contributed by atoms with Gasteiger partial charge in [0, 0.05) is 31.0 Å². The lowest BCUT2D eigenvalue weighted by Crippen LogP contribution is -2.41. The van der Waals surface area contributed by atoms with E-state index in [9.17, 15) is 22.6 Å². The molecule has 2 amide bonds. The zero-order chi connectivity index (χ0) is 27.9. The lowest BCUT2D eigenvalue weighted by Gasteiger charge is -2.27. The summed E-state index contributed by atoms with van der Waals surface area (Å²) < 4.78 is 47.8. The van der Waals surface area contributed by atoms with E-state index in [1.165, 1.54) is 16.7 Å². The van der Waals surface area contributed by atoms with Gasteiger partial charge >= 0.3 is 0 Å². The van der Waals surface area contributed by atoms with E-state index >= 15 is 0 Å². The van der Waals surface area contributed by atoms with Gasteiger partial charge in [-0.25, -0.2) is 0 Å². The number of thioether (sulfide) groups is 1. The molecule has 1 saturated heterocycles. The van der Waals surface area contributed by atoms with Gasteiger partial charge in [-0.15, -0.1) is 0 Å². The zero-order valence-electron chi connectivity index (χ0n) is 21.0. The quantitative estimate of drug-likeness (QED) is 0.221. The number of ether oxygens (including phenoxy) is 1. The van der Waals surface area contributed by atoms with Crippen molar-refractivity contribution in [2.45, 2.75) is 32.1 Å². The van der Waals surface area contributed by atoms with Crippen molar-refractivity contribution in [3.8, 4) is 17.1 Å². The lowest BCUT2D eigenvalue weighted by atomic mass is 10.1. The number of para-hydroxylation sites is 1. The van der Waals surface area contributed by atoms with Crippen LogP contribution in [-0.4, -0.2) is 52.5 Å². The van der Waals surface area contributed by atoms with Crippen LogP contribution in [0.25, 0.3) is 22.3 Å². The molecule has 1 atom stereocenters. The molecule has 0 spiro atoms. The summed E-state index contributed by atoms with van der Waals surface area (Å²) in [5.74, 6) is 0.137. The minimum absolute atomic E-state index is 0.0257. The van der Waals surface area contributed by atoms with Gasteiger partial charge < -0.3 is 14.5 Å². The molecule has 0 bridgehead atoms. The molecule has 1 unspecified atom stereocenters. The number of hydrogen-bond donors (Lipinski definition) is 2. The van der Waals surface area contributed by atoms with E-state index in [0.717, 1.165) is 17.1 Å². The Morgan fingerprint density at radius 2 is 1.97 bits per heavy atom. The van der Waals surface area contributed by atoms with Gasteiger partial charge in [0.1, 0.15) is 20.6 Å². The third-order valence-corrected chi connectivity index (χ3v) is 8.83. The number of fused-ring (bicyclic) bond motifs is 2. The molecule has 1 aromatic heterocycles. The first-order valence-electron chi connectivity index (χ1n) is 12.2.